The zero-order valence-corrected chi connectivity index (χ0v) is 19.1. The fourth-order valence-electron chi connectivity index (χ4n) is 4.88. The molecule has 3 amide bonds. The number of amides is 3. The van der Waals surface area contributed by atoms with Crippen LogP contribution in [0.2, 0.25) is 0 Å². The maximum absolute atomic E-state index is 13.3. The normalized spacial score (nSPS) is 13.9. The van der Waals surface area contributed by atoms with Crippen LogP contribution in [0.1, 0.15) is 34.6 Å². The molecule has 5 aromatic rings. The van der Waals surface area contributed by atoms with E-state index < -0.39 is 0 Å². The van der Waals surface area contributed by atoms with Gasteiger partial charge in [-0.3, -0.25) is 23.7 Å². The monoisotopic (exact) mass is 462 g/mol. The molecule has 1 N–H and O–H groups in total. The van der Waals surface area contributed by atoms with Gasteiger partial charge < -0.3 is 5.32 Å². The van der Waals surface area contributed by atoms with E-state index in [1.54, 1.807) is 24.3 Å². The lowest BCUT2D eigenvalue weighted by atomic mass is 10.1. The second-order valence-corrected chi connectivity index (χ2v) is 8.78. The number of fused-ring (bicyclic) bond motifs is 5. The van der Waals surface area contributed by atoms with Crippen molar-refractivity contribution in [3.63, 3.8) is 0 Å². The van der Waals surface area contributed by atoms with Crippen molar-refractivity contribution in [2.75, 3.05) is 5.32 Å². The largest absolute Gasteiger partial charge is 0.320 e. The second-order valence-electron chi connectivity index (χ2n) is 8.78. The molecule has 6 rings (SSSR count). The van der Waals surface area contributed by atoms with Crippen LogP contribution in [0.3, 0.4) is 0 Å². The van der Waals surface area contributed by atoms with E-state index in [0.717, 1.165) is 44.4 Å². The number of nitrogens with one attached hydrogen (secondary N) is 1. The van der Waals surface area contributed by atoms with Crippen molar-refractivity contribution in [1.82, 2.24) is 14.3 Å². The van der Waals surface area contributed by atoms with Crippen molar-refractivity contribution in [1.29, 1.82) is 0 Å². The number of aromatic nitrogens is 2. The number of likely N-dealkylation sites (tertiary alicyclic amines) is 1. The summed E-state index contributed by atoms with van der Waals surface area (Å²) in [4.78, 5) is 43.2. The molecular weight excluding hydrogens is 440 g/mol. The fourth-order valence-corrected chi connectivity index (χ4v) is 4.88. The van der Waals surface area contributed by atoms with Gasteiger partial charge in [-0.1, -0.05) is 48.5 Å². The zero-order chi connectivity index (χ0) is 24.1. The zero-order valence-electron chi connectivity index (χ0n) is 19.1. The smallest absolute Gasteiger partial charge is 0.255 e. The van der Waals surface area contributed by atoms with Gasteiger partial charge >= 0.3 is 0 Å². The highest BCUT2D eigenvalue weighted by atomic mass is 16.2. The Balaban J connectivity index is 1.38. The average Bonchev–Trinajstić information content (AvgIpc) is 3.37. The molecule has 0 unspecified atom stereocenters. The highest BCUT2D eigenvalue weighted by Gasteiger charge is 2.28. The van der Waals surface area contributed by atoms with Crippen LogP contribution in [-0.2, 0) is 16.1 Å². The Hall–Kier alpha value is -4.52. The predicted octanol–water partition coefficient (Wildman–Crippen LogP) is 4.85. The minimum absolute atomic E-state index is 0.152. The molecule has 1 aliphatic rings. The minimum atomic E-state index is -0.235. The van der Waals surface area contributed by atoms with Crippen molar-refractivity contribution in [3.05, 3.63) is 89.7 Å². The average molecular weight is 463 g/mol. The summed E-state index contributed by atoms with van der Waals surface area (Å²) in [5.74, 6) is 0.301. The number of imide groups is 1. The van der Waals surface area contributed by atoms with Crippen LogP contribution in [0.25, 0.3) is 27.3 Å². The van der Waals surface area contributed by atoms with Gasteiger partial charge in [-0.15, -0.1) is 0 Å². The van der Waals surface area contributed by atoms with Crippen LogP contribution >= 0.6 is 0 Å². The van der Waals surface area contributed by atoms with Crippen molar-refractivity contribution >= 4 is 50.7 Å². The van der Waals surface area contributed by atoms with Crippen molar-refractivity contribution in [2.45, 2.75) is 26.3 Å². The second kappa shape index (κ2) is 8.06. The summed E-state index contributed by atoms with van der Waals surface area (Å²) < 4.78 is 2.08. The molecule has 7 heteroatoms. The molecule has 0 spiro atoms. The first-order valence-electron chi connectivity index (χ1n) is 11.5. The Bertz CT molecular complexity index is 1650. The van der Waals surface area contributed by atoms with Gasteiger partial charge in [0.25, 0.3) is 5.91 Å². The van der Waals surface area contributed by atoms with E-state index in [1.165, 1.54) is 4.90 Å². The topological polar surface area (TPSA) is 83.8 Å². The summed E-state index contributed by atoms with van der Waals surface area (Å²) in [6.07, 6.45) is 0.533. The standard InChI is InChI=1S/C28H22N4O3/c1-17-29-22-8-4-2-6-20(22)27-26(21-7-3-5-9-23(21)32(17)27)30-28(35)19-12-10-18(11-13-19)16-31-24(33)14-15-25(31)34/h2-13H,14-16H2,1H3,(H,30,35). The number of carbonyl (C=O) groups is 3. The van der Waals surface area contributed by atoms with E-state index in [4.69, 9.17) is 4.98 Å². The maximum Gasteiger partial charge on any atom is 0.255 e. The molecule has 1 aliphatic heterocycles. The number of para-hydroxylation sites is 2. The van der Waals surface area contributed by atoms with E-state index in [9.17, 15) is 14.4 Å². The predicted molar refractivity (Wildman–Crippen MR) is 134 cm³/mol. The van der Waals surface area contributed by atoms with Crippen LogP contribution in [0.5, 0.6) is 0 Å². The lowest BCUT2D eigenvalue weighted by molar-refractivity contribution is -0.139. The summed E-state index contributed by atoms with van der Waals surface area (Å²) in [5.41, 5.74) is 4.79. The van der Waals surface area contributed by atoms with Crippen molar-refractivity contribution in [2.24, 2.45) is 0 Å². The number of anilines is 1. The molecular formula is C28H22N4O3. The Morgan fingerprint density at radius 1 is 0.886 bits per heavy atom. The summed E-state index contributed by atoms with van der Waals surface area (Å²) in [5, 5.41) is 5.04. The molecule has 0 atom stereocenters. The van der Waals surface area contributed by atoms with Crippen molar-refractivity contribution in [3.8, 4) is 0 Å². The Morgan fingerprint density at radius 2 is 1.54 bits per heavy atom. The molecule has 3 heterocycles. The van der Waals surface area contributed by atoms with E-state index >= 15 is 0 Å². The number of carbonyl (C=O) groups excluding carboxylic acids is 3. The van der Waals surface area contributed by atoms with Gasteiger partial charge in [0.15, 0.2) is 0 Å². The molecule has 0 aliphatic carbocycles. The SMILES string of the molecule is Cc1nc2ccccc2c2c(NC(=O)c3ccc(CN4C(=O)CCC4=O)cc3)c3ccccc3n12. The van der Waals surface area contributed by atoms with Gasteiger partial charge in [-0.2, -0.15) is 0 Å². The molecule has 3 aromatic carbocycles. The number of aryl methyl sites for hydroxylation is 1. The molecule has 7 nitrogen and oxygen atoms in total. The first-order chi connectivity index (χ1) is 17.0. The van der Waals surface area contributed by atoms with Crippen LogP contribution in [0, 0.1) is 6.92 Å². The van der Waals surface area contributed by atoms with Crippen LogP contribution in [0.4, 0.5) is 5.69 Å². The number of rotatable bonds is 4. The highest BCUT2D eigenvalue weighted by molar-refractivity contribution is 6.18. The third-order valence-electron chi connectivity index (χ3n) is 6.59. The van der Waals surface area contributed by atoms with Gasteiger partial charge in [-0.05, 0) is 36.8 Å². The first-order valence-corrected chi connectivity index (χ1v) is 11.5. The number of hydrogen-bond donors (Lipinski definition) is 1. The van der Waals surface area contributed by atoms with Gasteiger partial charge in [0.1, 0.15) is 5.82 Å². The molecule has 2 aromatic heterocycles. The summed E-state index contributed by atoms with van der Waals surface area (Å²) >= 11 is 0. The quantitative estimate of drug-likeness (QED) is 0.387. The lowest BCUT2D eigenvalue weighted by Gasteiger charge is -2.14. The molecule has 35 heavy (non-hydrogen) atoms. The summed E-state index contributed by atoms with van der Waals surface area (Å²) in [7, 11) is 0. The van der Waals surface area contributed by atoms with Gasteiger partial charge in [-0.25, -0.2) is 4.98 Å². The highest BCUT2D eigenvalue weighted by Crippen LogP contribution is 2.36. The molecule has 0 radical (unpaired) electrons. The van der Waals surface area contributed by atoms with Gasteiger partial charge in [0.2, 0.25) is 11.8 Å². The molecule has 0 bridgehead atoms. The minimum Gasteiger partial charge on any atom is -0.320 e. The Kier molecular flexibility index (Phi) is 4.84. The third kappa shape index (κ3) is 3.44. The number of nitrogens with zero attached hydrogens (tertiary/aromatic N) is 3. The van der Waals surface area contributed by atoms with Crippen LogP contribution < -0.4 is 5.32 Å². The third-order valence-corrected chi connectivity index (χ3v) is 6.59. The molecule has 0 saturated carbocycles. The van der Waals surface area contributed by atoms with Gasteiger partial charge in [0, 0.05) is 29.2 Å². The summed E-state index contributed by atoms with van der Waals surface area (Å²) in [6.45, 7) is 2.19. The Morgan fingerprint density at radius 3 is 2.29 bits per heavy atom. The molecule has 172 valence electrons. The fraction of sp³-hybridized carbons (Fsp3) is 0.143. The molecule has 1 fully saturated rings. The van der Waals surface area contributed by atoms with Crippen LogP contribution in [-0.4, -0.2) is 32.0 Å². The Labute approximate surface area is 201 Å². The lowest BCUT2D eigenvalue weighted by Crippen LogP contribution is -2.28. The van der Waals surface area contributed by atoms with E-state index in [2.05, 4.69) is 9.72 Å². The van der Waals surface area contributed by atoms with E-state index in [0.29, 0.717) is 5.56 Å². The van der Waals surface area contributed by atoms with E-state index in [-0.39, 0.29) is 37.1 Å². The van der Waals surface area contributed by atoms with Crippen molar-refractivity contribution < 1.29 is 14.4 Å². The van der Waals surface area contributed by atoms with Gasteiger partial charge in [0.05, 0.1) is 28.8 Å². The summed E-state index contributed by atoms with van der Waals surface area (Å²) in [6, 6.07) is 22.9. The van der Waals surface area contributed by atoms with E-state index in [1.807, 2.05) is 55.5 Å². The number of hydrogen-bond acceptors (Lipinski definition) is 4. The first kappa shape index (κ1) is 21.0. The molecule has 1 saturated heterocycles. The maximum atomic E-state index is 13.3. The van der Waals surface area contributed by atoms with Crippen LogP contribution in [0.15, 0.2) is 72.8 Å². The number of benzene rings is 3.